The molecule has 0 radical (unpaired) electrons. The molecule has 0 saturated carbocycles. The van der Waals surface area contributed by atoms with Crippen LogP contribution in [0.3, 0.4) is 0 Å². The lowest BCUT2D eigenvalue weighted by molar-refractivity contribution is 1.08. The lowest BCUT2D eigenvalue weighted by atomic mass is 9.95. The van der Waals surface area contributed by atoms with E-state index in [-0.39, 0.29) is 5.84 Å². The van der Waals surface area contributed by atoms with Gasteiger partial charge in [0.1, 0.15) is 0 Å². The Labute approximate surface area is 318 Å². The Morgan fingerprint density at radius 2 is 1.02 bits per heavy atom. The molecule has 55 heavy (non-hydrogen) atoms. The fraction of sp³-hybridized carbons (Fsp3) is 0. The lowest BCUT2D eigenvalue weighted by Crippen LogP contribution is -2.25. The average Bonchev–Trinajstić information content (AvgIpc) is 3.76. The Balaban J connectivity index is 1.08. The minimum atomic E-state index is 0.190. The third-order valence-electron chi connectivity index (χ3n) is 10.4. The van der Waals surface area contributed by atoms with Crippen molar-refractivity contribution in [2.75, 3.05) is 5.43 Å². The molecule has 0 fully saturated rings. The van der Waals surface area contributed by atoms with Crippen molar-refractivity contribution in [1.29, 1.82) is 5.41 Å². The maximum absolute atomic E-state index is 8.85. The van der Waals surface area contributed by atoms with Gasteiger partial charge in [-0.25, -0.2) is 4.99 Å². The van der Waals surface area contributed by atoms with Crippen LogP contribution in [0.1, 0.15) is 11.1 Å². The van der Waals surface area contributed by atoms with Gasteiger partial charge in [0, 0.05) is 38.4 Å². The monoisotopic (exact) mass is 705 g/mol. The molecule has 2 heterocycles. The second-order valence-corrected chi connectivity index (χ2v) is 13.7. The van der Waals surface area contributed by atoms with Gasteiger partial charge in [-0.3, -0.25) is 15.5 Å². The molecular formula is C50H35N5. The summed E-state index contributed by atoms with van der Waals surface area (Å²) >= 11 is 0. The second-order valence-electron chi connectivity index (χ2n) is 13.7. The molecule has 2 N–H and O–H groups in total. The van der Waals surface area contributed by atoms with Crippen LogP contribution in [0.5, 0.6) is 0 Å². The van der Waals surface area contributed by atoms with Crippen LogP contribution in [-0.2, 0) is 0 Å². The van der Waals surface area contributed by atoms with Crippen molar-refractivity contribution in [3.8, 4) is 27.9 Å². The first-order valence-electron chi connectivity index (χ1n) is 18.5. The van der Waals surface area contributed by atoms with E-state index in [9.17, 15) is 0 Å². The van der Waals surface area contributed by atoms with Crippen LogP contribution in [0, 0.1) is 5.41 Å². The van der Waals surface area contributed by atoms with Gasteiger partial charge < -0.3 is 4.57 Å². The average molecular weight is 706 g/mol. The second kappa shape index (κ2) is 13.5. The molecule has 0 spiro atoms. The standard InChI is InChI=1S/C50H35N5/c51-49(34-16-4-1-5-17-34)52-50(35-18-6-2-7-19-35)53-55-45-28-13-10-24-41(45)43-33-37(30-31-46(43)55)36-20-14-21-38(32-36)40-26-15-29-47-48(40)42-25-11-12-27-44(42)54(47)39-22-8-3-9-23-39/h1-33H,(H2,51,52,53). The molecule has 2 aromatic heterocycles. The Bertz CT molecular complexity index is 3060. The fourth-order valence-electron chi connectivity index (χ4n) is 7.88. The van der Waals surface area contributed by atoms with E-state index in [1.54, 1.807) is 0 Å². The van der Waals surface area contributed by atoms with Gasteiger partial charge in [-0.2, -0.15) is 0 Å². The van der Waals surface area contributed by atoms with Gasteiger partial charge in [-0.05, 0) is 70.8 Å². The molecule has 0 atom stereocenters. The van der Waals surface area contributed by atoms with Crippen molar-refractivity contribution in [3.63, 3.8) is 0 Å². The highest BCUT2D eigenvalue weighted by Crippen LogP contribution is 2.40. The number of amidine groups is 2. The third kappa shape index (κ3) is 5.66. The van der Waals surface area contributed by atoms with Gasteiger partial charge in [0.25, 0.3) is 0 Å². The molecule has 10 aromatic rings. The minimum Gasteiger partial charge on any atom is -0.309 e. The van der Waals surface area contributed by atoms with Gasteiger partial charge >= 0.3 is 0 Å². The molecule has 5 heteroatoms. The van der Waals surface area contributed by atoms with Crippen molar-refractivity contribution < 1.29 is 0 Å². The summed E-state index contributed by atoms with van der Waals surface area (Å²) in [4.78, 5) is 4.83. The van der Waals surface area contributed by atoms with Gasteiger partial charge in [0.05, 0.1) is 22.1 Å². The lowest BCUT2D eigenvalue weighted by Gasteiger charge is -2.15. The van der Waals surface area contributed by atoms with Gasteiger partial charge in [-0.15, -0.1) is 0 Å². The first kappa shape index (κ1) is 32.2. The predicted molar refractivity (Wildman–Crippen MR) is 230 cm³/mol. The molecule has 0 bridgehead atoms. The molecule has 0 aliphatic rings. The highest BCUT2D eigenvalue weighted by atomic mass is 15.4. The minimum absolute atomic E-state index is 0.190. The van der Waals surface area contributed by atoms with Crippen LogP contribution >= 0.6 is 0 Å². The highest BCUT2D eigenvalue weighted by molar-refractivity contribution is 6.17. The summed E-state index contributed by atoms with van der Waals surface area (Å²) in [6.45, 7) is 0. The summed E-state index contributed by atoms with van der Waals surface area (Å²) in [7, 11) is 0. The first-order chi connectivity index (χ1) is 27.2. The van der Waals surface area contributed by atoms with Crippen LogP contribution in [0.25, 0.3) is 71.6 Å². The quantitative estimate of drug-likeness (QED) is 0.131. The Morgan fingerprint density at radius 1 is 0.436 bits per heavy atom. The molecule has 10 rings (SSSR count). The van der Waals surface area contributed by atoms with Gasteiger partial charge in [-0.1, -0.05) is 152 Å². The normalized spacial score (nSPS) is 11.8. The summed E-state index contributed by atoms with van der Waals surface area (Å²) in [5.74, 6) is 0.784. The molecule has 0 unspecified atom stereocenters. The molecule has 0 aliphatic carbocycles. The number of nitrogens with one attached hydrogen (secondary N) is 2. The molecule has 260 valence electrons. The smallest absolute Gasteiger partial charge is 0.154 e. The fourth-order valence-corrected chi connectivity index (χ4v) is 7.88. The molecule has 0 amide bonds. The van der Waals surface area contributed by atoms with E-state index in [0.717, 1.165) is 49.7 Å². The Morgan fingerprint density at radius 3 is 1.80 bits per heavy atom. The maximum atomic E-state index is 8.85. The van der Waals surface area contributed by atoms with E-state index < -0.39 is 0 Å². The van der Waals surface area contributed by atoms with Crippen LogP contribution in [0.15, 0.2) is 205 Å². The summed E-state index contributed by atoms with van der Waals surface area (Å²) < 4.78 is 4.46. The zero-order valence-corrected chi connectivity index (χ0v) is 29.9. The number of aliphatic imine (C=N–C) groups is 1. The number of benzene rings is 8. The van der Waals surface area contributed by atoms with Crippen LogP contribution in [0.2, 0.25) is 0 Å². The number of hydrogen-bond donors (Lipinski definition) is 2. The molecule has 8 aromatic carbocycles. The predicted octanol–water partition coefficient (Wildman–Crippen LogP) is 12.2. The summed E-state index contributed by atoms with van der Waals surface area (Å²) in [6, 6.07) is 69.6. The van der Waals surface area contributed by atoms with E-state index >= 15 is 0 Å². The van der Waals surface area contributed by atoms with Crippen LogP contribution < -0.4 is 5.43 Å². The molecule has 0 aliphatic heterocycles. The third-order valence-corrected chi connectivity index (χ3v) is 10.4. The number of fused-ring (bicyclic) bond motifs is 6. The maximum Gasteiger partial charge on any atom is 0.154 e. The number of nitrogens with zero attached hydrogens (tertiary/aromatic N) is 3. The van der Waals surface area contributed by atoms with E-state index in [1.807, 2.05) is 60.7 Å². The topological polar surface area (TPSA) is 58.1 Å². The number of rotatable bonds is 6. The van der Waals surface area contributed by atoms with Crippen LogP contribution in [-0.4, -0.2) is 20.9 Å². The largest absolute Gasteiger partial charge is 0.309 e. The number of hydrogen-bond acceptors (Lipinski definition) is 1. The van der Waals surface area contributed by atoms with E-state index in [1.165, 1.54) is 32.9 Å². The van der Waals surface area contributed by atoms with Crippen molar-refractivity contribution >= 4 is 55.3 Å². The van der Waals surface area contributed by atoms with Crippen molar-refractivity contribution in [3.05, 3.63) is 211 Å². The van der Waals surface area contributed by atoms with Crippen LogP contribution in [0.4, 0.5) is 0 Å². The van der Waals surface area contributed by atoms with Crippen molar-refractivity contribution in [1.82, 2.24) is 9.24 Å². The summed E-state index contributed by atoms with van der Waals surface area (Å²) in [5.41, 5.74) is 15.5. The number of para-hydroxylation sites is 3. The van der Waals surface area contributed by atoms with Gasteiger partial charge in [0.15, 0.2) is 11.7 Å². The zero-order valence-electron chi connectivity index (χ0n) is 29.9. The Hall–Kier alpha value is -7.50. The molecule has 5 nitrogen and oxygen atoms in total. The zero-order chi connectivity index (χ0) is 36.7. The molecular weight excluding hydrogens is 671 g/mol. The van der Waals surface area contributed by atoms with Crippen molar-refractivity contribution in [2.45, 2.75) is 0 Å². The summed E-state index contributed by atoms with van der Waals surface area (Å²) in [6.07, 6.45) is 0. The summed E-state index contributed by atoms with van der Waals surface area (Å²) in [5, 5.41) is 13.6. The Kier molecular flexibility index (Phi) is 7.89. The van der Waals surface area contributed by atoms with E-state index in [2.05, 4.69) is 154 Å². The highest BCUT2D eigenvalue weighted by Gasteiger charge is 2.18. The molecule has 0 saturated heterocycles. The van der Waals surface area contributed by atoms with E-state index in [0.29, 0.717) is 5.84 Å². The first-order valence-corrected chi connectivity index (χ1v) is 18.5. The number of aromatic nitrogens is 2. The SMILES string of the molecule is N=C(N=C(Nn1c2ccccc2c2cc(-c3cccc(-c4cccc5c4c4ccccc4n5-c4ccccc4)c3)ccc21)c1ccccc1)c1ccccc1. The van der Waals surface area contributed by atoms with Gasteiger partial charge in [0.2, 0.25) is 0 Å². The van der Waals surface area contributed by atoms with Crippen molar-refractivity contribution in [2.24, 2.45) is 4.99 Å². The van der Waals surface area contributed by atoms with E-state index in [4.69, 9.17) is 10.4 Å².